The monoisotopic (exact) mass is 684 g/mol. The van der Waals surface area contributed by atoms with E-state index in [4.69, 9.17) is 18.9 Å². The van der Waals surface area contributed by atoms with E-state index in [0.717, 1.165) is 45.3 Å². The minimum atomic E-state index is -0.267. The maximum absolute atomic E-state index is 12.9. The lowest BCUT2D eigenvalue weighted by Gasteiger charge is -2.29. The summed E-state index contributed by atoms with van der Waals surface area (Å²) >= 11 is 3.22. The number of thioether (sulfide) groups is 2. The third-order valence-electron chi connectivity index (χ3n) is 8.13. The SMILES string of the molecule is CC(SC1c2ccccc2Oc2ccccc21)C(=O)NCCOCCOCCNC(=O)C(C)SC1c2ccccc2Oc2ccccc21. The van der Waals surface area contributed by atoms with Crippen LogP contribution in [0.2, 0.25) is 0 Å². The summed E-state index contributed by atoms with van der Waals surface area (Å²) in [6.07, 6.45) is 0. The summed E-state index contributed by atoms with van der Waals surface area (Å²) in [5, 5.41) is 5.45. The lowest BCUT2D eigenvalue weighted by molar-refractivity contribution is -0.121. The van der Waals surface area contributed by atoms with Crippen molar-refractivity contribution < 1.29 is 28.5 Å². The highest BCUT2D eigenvalue weighted by atomic mass is 32.2. The van der Waals surface area contributed by atoms with E-state index in [1.807, 2.05) is 86.6 Å². The molecule has 48 heavy (non-hydrogen) atoms. The normalized spacial score (nSPS) is 14.6. The first-order chi connectivity index (χ1) is 23.5. The molecule has 2 aliphatic rings. The van der Waals surface area contributed by atoms with Crippen molar-refractivity contribution in [2.75, 3.05) is 39.5 Å². The van der Waals surface area contributed by atoms with Gasteiger partial charge < -0.3 is 29.6 Å². The number of para-hydroxylation sites is 4. The number of ether oxygens (including phenoxy) is 4. The average Bonchev–Trinajstić information content (AvgIpc) is 3.11. The molecule has 6 rings (SSSR count). The highest BCUT2D eigenvalue weighted by Gasteiger charge is 2.31. The zero-order valence-electron chi connectivity index (χ0n) is 27.1. The van der Waals surface area contributed by atoms with Gasteiger partial charge in [0.25, 0.3) is 0 Å². The van der Waals surface area contributed by atoms with Gasteiger partial charge >= 0.3 is 0 Å². The molecule has 0 spiro atoms. The van der Waals surface area contributed by atoms with Gasteiger partial charge in [-0.3, -0.25) is 9.59 Å². The number of rotatable bonds is 15. The van der Waals surface area contributed by atoms with Crippen LogP contribution in [0, 0.1) is 0 Å². The highest BCUT2D eigenvalue weighted by Crippen LogP contribution is 2.51. The summed E-state index contributed by atoms with van der Waals surface area (Å²) in [6.45, 7) is 6.26. The molecule has 4 aromatic carbocycles. The minimum absolute atomic E-state index is 0.00837. The summed E-state index contributed by atoms with van der Waals surface area (Å²) in [7, 11) is 0. The summed E-state index contributed by atoms with van der Waals surface area (Å²) in [6, 6.07) is 31.9. The number of amides is 2. The van der Waals surface area contributed by atoms with Crippen molar-refractivity contribution in [1.82, 2.24) is 10.6 Å². The zero-order valence-corrected chi connectivity index (χ0v) is 28.7. The highest BCUT2D eigenvalue weighted by molar-refractivity contribution is 8.01. The fourth-order valence-corrected chi connectivity index (χ4v) is 8.26. The largest absolute Gasteiger partial charge is 0.457 e. The summed E-state index contributed by atoms with van der Waals surface area (Å²) < 4.78 is 23.5. The van der Waals surface area contributed by atoms with E-state index in [2.05, 4.69) is 34.9 Å². The average molecular weight is 685 g/mol. The molecule has 0 saturated carbocycles. The molecule has 0 radical (unpaired) electrons. The van der Waals surface area contributed by atoms with Gasteiger partial charge in [0.15, 0.2) is 0 Å². The summed E-state index contributed by atoms with van der Waals surface area (Å²) in [5.41, 5.74) is 4.29. The van der Waals surface area contributed by atoms with Crippen LogP contribution in [0.3, 0.4) is 0 Å². The van der Waals surface area contributed by atoms with Crippen molar-refractivity contribution in [3.8, 4) is 23.0 Å². The molecule has 0 aromatic heterocycles. The van der Waals surface area contributed by atoms with Crippen molar-refractivity contribution in [3.05, 3.63) is 119 Å². The summed E-state index contributed by atoms with van der Waals surface area (Å²) in [5.74, 6) is 3.25. The number of hydrogen-bond acceptors (Lipinski definition) is 8. The predicted octanol–water partition coefficient (Wildman–Crippen LogP) is 7.29. The molecule has 2 amide bonds. The molecule has 4 aromatic rings. The first-order valence-corrected chi connectivity index (χ1v) is 18.1. The Morgan fingerprint density at radius 2 is 0.875 bits per heavy atom. The molecule has 250 valence electrons. The van der Waals surface area contributed by atoms with E-state index in [9.17, 15) is 9.59 Å². The van der Waals surface area contributed by atoms with Gasteiger partial charge in [-0.15, -0.1) is 23.5 Å². The zero-order chi connectivity index (χ0) is 33.3. The van der Waals surface area contributed by atoms with Gasteiger partial charge in [0.1, 0.15) is 23.0 Å². The molecule has 0 bridgehead atoms. The number of fused-ring (bicyclic) bond motifs is 4. The minimum Gasteiger partial charge on any atom is -0.457 e. The second kappa shape index (κ2) is 16.4. The maximum atomic E-state index is 12.9. The second-order valence-corrected chi connectivity index (χ2v) is 14.4. The van der Waals surface area contributed by atoms with E-state index < -0.39 is 0 Å². The fraction of sp³-hybridized carbons (Fsp3) is 0.316. The first-order valence-electron chi connectivity index (χ1n) is 16.2. The van der Waals surface area contributed by atoms with E-state index in [1.165, 1.54) is 0 Å². The van der Waals surface area contributed by atoms with Gasteiger partial charge in [-0.25, -0.2) is 0 Å². The van der Waals surface area contributed by atoms with Gasteiger partial charge in [0.2, 0.25) is 11.8 Å². The molecular formula is C38H40N2O6S2. The van der Waals surface area contributed by atoms with Crippen molar-refractivity contribution >= 4 is 35.3 Å². The van der Waals surface area contributed by atoms with Crippen molar-refractivity contribution in [2.24, 2.45) is 0 Å². The Kier molecular flexibility index (Phi) is 11.6. The third-order valence-corrected chi connectivity index (χ3v) is 10.9. The Balaban J connectivity index is 0.844. The van der Waals surface area contributed by atoms with Crippen LogP contribution in [0.25, 0.3) is 0 Å². The number of benzene rings is 4. The Labute approximate surface area is 290 Å². The van der Waals surface area contributed by atoms with E-state index in [0.29, 0.717) is 39.5 Å². The summed E-state index contributed by atoms with van der Waals surface area (Å²) in [4.78, 5) is 25.8. The van der Waals surface area contributed by atoms with Gasteiger partial charge in [-0.1, -0.05) is 72.8 Å². The standard InChI is InChI=1S/C38H40N2O6S2/c1-25(47-35-27-11-3-7-15-31(27)45-32-16-8-4-12-28(32)35)37(41)39-19-21-43-23-24-44-22-20-40-38(42)26(2)48-36-29-13-5-9-17-33(29)46-34-18-10-6-14-30(34)36/h3-18,25-26,35-36H,19-24H2,1-2H3,(H,39,41)(H,40,42). The Bertz CT molecular complexity index is 1500. The van der Waals surface area contributed by atoms with Crippen LogP contribution < -0.4 is 20.1 Å². The molecule has 2 atom stereocenters. The number of hydrogen-bond donors (Lipinski definition) is 2. The molecule has 0 saturated heterocycles. The molecule has 10 heteroatoms. The predicted molar refractivity (Wildman–Crippen MR) is 191 cm³/mol. The second-order valence-electron chi connectivity index (χ2n) is 11.5. The van der Waals surface area contributed by atoms with E-state index in [-0.39, 0.29) is 32.8 Å². The maximum Gasteiger partial charge on any atom is 0.232 e. The lowest BCUT2D eigenvalue weighted by atomic mass is 10.00. The molecule has 0 fully saturated rings. The van der Waals surface area contributed by atoms with Crippen LogP contribution >= 0.6 is 23.5 Å². The van der Waals surface area contributed by atoms with Crippen LogP contribution in [-0.2, 0) is 19.1 Å². The van der Waals surface area contributed by atoms with E-state index >= 15 is 0 Å². The van der Waals surface area contributed by atoms with Gasteiger partial charge in [-0.05, 0) is 38.1 Å². The third kappa shape index (κ3) is 8.18. The van der Waals surface area contributed by atoms with Crippen molar-refractivity contribution in [1.29, 1.82) is 0 Å². The van der Waals surface area contributed by atoms with Gasteiger partial charge in [0.05, 0.1) is 47.4 Å². The van der Waals surface area contributed by atoms with Gasteiger partial charge in [-0.2, -0.15) is 0 Å². The Morgan fingerprint density at radius 1 is 0.562 bits per heavy atom. The van der Waals surface area contributed by atoms with Crippen LogP contribution in [0.15, 0.2) is 97.1 Å². The molecule has 2 heterocycles. The van der Waals surface area contributed by atoms with E-state index in [1.54, 1.807) is 23.5 Å². The molecule has 0 aliphatic carbocycles. The van der Waals surface area contributed by atoms with Crippen molar-refractivity contribution in [2.45, 2.75) is 34.8 Å². The topological polar surface area (TPSA) is 95.1 Å². The first kappa shape index (κ1) is 33.9. The quantitative estimate of drug-likeness (QED) is 0.126. The number of nitrogens with one attached hydrogen (secondary N) is 2. The van der Waals surface area contributed by atoms with Crippen LogP contribution in [0.1, 0.15) is 46.6 Å². The molecule has 8 nitrogen and oxygen atoms in total. The smallest absolute Gasteiger partial charge is 0.232 e. The Hall–Kier alpha value is -3.96. The number of carbonyl (C=O) groups excluding carboxylic acids is 2. The van der Waals surface area contributed by atoms with Crippen LogP contribution in [0.5, 0.6) is 23.0 Å². The molecule has 2 aliphatic heterocycles. The van der Waals surface area contributed by atoms with Crippen LogP contribution in [-0.4, -0.2) is 61.8 Å². The lowest BCUT2D eigenvalue weighted by Crippen LogP contribution is -2.34. The Morgan fingerprint density at radius 3 is 1.21 bits per heavy atom. The molecular weight excluding hydrogens is 645 g/mol. The fourth-order valence-electron chi connectivity index (χ4n) is 5.66. The molecule has 2 unspecified atom stereocenters. The van der Waals surface area contributed by atoms with Crippen molar-refractivity contribution in [3.63, 3.8) is 0 Å². The van der Waals surface area contributed by atoms with Gasteiger partial charge in [0, 0.05) is 35.3 Å². The van der Waals surface area contributed by atoms with Crippen LogP contribution in [0.4, 0.5) is 0 Å². The molecule has 2 N–H and O–H groups in total. The number of carbonyl (C=O) groups is 2.